The molecule has 2 aromatic rings. The lowest BCUT2D eigenvalue weighted by atomic mass is 10.2. The number of rotatable bonds is 4. The smallest absolute Gasteiger partial charge is 0.363 e. The maximum absolute atomic E-state index is 11.5. The molecule has 0 aliphatic carbocycles. The predicted octanol–water partition coefficient (Wildman–Crippen LogP) is 4.24. The van der Waals surface area contributed by atoms with Gasteiger partial charge >= 0.3 is 5.97 Å². The van der Waals surface area contributed by atoms with Crippen molar-refractivity contribution in [2.24, 2.45) is 4.99 Å². The molecular formula is C18H14ClNO3. The second-order valence-electron chi connectivity index (χ2n) is 5.03. The molecular weight excluding hydrogens is 314 g/mol. The molecule has 0 N–H and O–H groups in total. The van der Waals surface area contributed by atoms with Crippen LogP contribution in [0.15, 0.2) is 59.2 Å². The van der Waals surface area contributed by atoms with E-state index in [0.29, 0.717) is 23.2 Å². The van der Waals surface area contributed by atoms with Crippen LogP contribution in [-0.4, -0.2) is 11.9 Å². The Morgan fingerprint density at radius 1 is 1.13 bits per heavy atom. The zero-order valence-electron chi connectivity index (χ0n) is 12.5. The number of benzene rings is 2. The Labute approximate surface area is 139 Å². The Morgan fingerprint density at radius 3 is 2.43 bits per heavy atom. The van der Waals surface area contributed by atoms with Gasteiger partial charge < -0.3 is 9.47 Å². The van der Waals surface area contributed by atoms with Crippen molar-refractivity contribution in [2.75, 3.05) is 0 Å². The van der Waals surface area contributed by atoms with Crippen molar-refractivity contribution in [3.05, 3.63) is 70.4 Å². The van der Waals surface area contributed by atoms with Gasteiger partial charge in [0.25, 0.3) is 0 Å². The Hall–Kier alpha value is -2.59. The standard InChI is InChI=1S/C18H14ClNO3/c1-12-20-17(18(21)23-12)10-13-4-8-16(9-5-13)22-11-14-2-6-15(19)7-3-14/h2-10H,11H2,1H3. The monoisotopic (exact) mass is 327 g/mol. The number of cyclic esters (lactones) is 1. The number of nitrogens with zero attached hydrogens (tertiary/aromatic N) is 1. The van der Waals surface area contributed by atoms with Crippen molar-refractivity contribution in [3.8, 4) is 5.75 Å². The van der Waals surface area contributed by atoms with Crippen LogP contribution in [0.4, 0.5) is 0 Å². The molecule has 0 aromatic heterocycles. The highest BCUT2D eigenvalue weighted by Gasteiger charge is 2.19. The van der Waals surface area contributed by atoms with Gasteiger partial charge in [0.2, 0.25) is 0 Å². The van der Waals surface area contributed by atoms with Gasteiger partial charge in [-0.15, -0.1) is 0 Å². The minimum Gasteiger partial charge on any atom is -0.489 e. The van der Waals surface area contributed by atoms with E-state index in [1.807, 2.05) is 48.5 Å². The van der Waals surface area contributed by atoms with Crippen LogP contribution in [0.3, 0.4) is 0 Å². The van der Waals surface area contributed by atoms with Crippen molar-refractivity contribution >= 4 is 29.5 Å². The average Bonchev–Trinajstić information content (AvgIpc) is 2.86. The van der Waals surface area contributed by atoms with Crippen molar-refractivity contribution in [2.45, 2.75) is 13.5 Å². The highest BCUT2D eigenvalue weighted by molar-refractivity contribution is 6.30. The Kier molecular flexibility index (Phi) is 4.44. The molecule has 4 nitrogen and oxygen atoms in total. The van der Waals surface area contributed by atoms with Gasteiger partial charge in [-0.25, -0.2) is 9.79 Å². The second-order valence-corrected chi connectivity index (χ2v) is 5.47. The number of hydrogen-bond acceptors (Lipinski definition) is 4. The molecule has 0 atom stereocenters. The van der Waals surface area contributed by atoms with Crippen molar-refractivity contribution in [1.29, 1.82) is 0 Å². The summed E-state index contributed by atoms with van der Waals surface area (Å²) in [5, 5.41) is 0.703. The van der Waals surface area contributed by atoms with E-state index in [2.05, 4.69) is 4.99 Å². The molecule has 0 amide bonds. The van der Waals surface area contributed by atoms with Crippen LogP contribution in [-0.2, 0) is 16.1 Å². The van der Waals surface area contributed by atoms with Gasteiger partial charge in [-0.3, -0.25) is 0 Å². The quantitative estimate of drug-likeness (QED) is 0.623. The lowest BCUT2D eigenvalue weighted by molar-refractivity contribution is -0.130. The SMILES string of the molecule is CC1=NC(=Cc2ccc(OCc3ccc(Cl)cc3)cc2)C(=O)O1. The van der Waals surface area contributed by atoms with E-state index in [-0.39, 0.29) is 0 Å². The second kappa shape index (κ2) is 6.67. The molecule has 1 heterocycles. The number of ether oxygens (including phenoxy) is 2. The molecule has 0 fully saturated rings. The fourth-order valence-electron chi connectivity index (χ4n) is 2.08. The lowest BCUT2D eigenvalue weighted by Gasteiger charge is -2.06. The van der Waals surface area contributed by atoms with Gasteiger partial charge in [-0.2, -0.15) is 0 Å². The van der Waals surface area contributed by atoms with E-state index in [1.54, 1.807) is 13.0 Å². The van der Waals surface area contributed by atoms with Crippen molar-refractivity contribution in [3.63, 3.8) is 0 Å². The largest absolute Gasteiger partial charge is 0.489 e. The molecule has 0 bridgehead atoms. The molecule has 1 aliphatic rings. The highest BCUT2D eigenvalue weighted by atomic mass is 35.5. The first-order valence-corrected chi connectivity index (χ1v) is 7.44. The third-order valence-electron chi connectivity index (χ3n) is 3.23. The molecule has 3 rings (SSSR count). The summed E-state index contributed by atoms with van der Waals surface area (Å²) in [5.41, 5.74) is 2.20. The van der Waals surface area contributed by atoms with Crippen LogP contribution < -0.4 is 4.74 Å². The molecule has 23 heavy (non-hydrogen) atoms. The van der Waals surface area contributed by atoms with Crippen molar-refractivity contribution < 1.29 is 14.3 Å². The van der Waals surface area contributed by atoms with E-state index in [4.69, 9.17) is 21.1 Å². The van der Waals surface area contributed by atoms with Gasteiger partial charge in [0.1, 0.15) is 12.4 Å². The number of carbonyl (C=O) groups is 1. The normalized spacial score (nSPS) is 15.5. The highest BCUT2D eigenvalue weighted by Crippen LogP contribution is 2.19. The number of halogens is 1. The third-order valence-corrected chi connectivity index (χ3v) is 3.48. The van der Waals surface area contributed by atoms with Crippen LogP contribution in [0.5, 0.6) is 5.75 Å². The molecule has 116 valence electrons. The average molecular weight is 328 g/mol. The number of hydrogen-bond donors (Lipinski definition) is 0. The van der Waals surface area contributed by atoms with E-state index in [1.165, 1.54) is 0 Å². The Morgan fingerprint density at radius 2 is 1.83 bits per heavy atom. The number of aliphatic imine (C=N–C) groups is 1. The van der Waals surface area contributed by atoms with Crippen LogP contribution >= 0.6 is 11.6 Å². The summed E-state index contributed by atoms with van der Waals surface area (Å²) >= 11 is 5.85. The van der Waals surface area contributed by atoms with Gasteiger partial charge in [-0.05, 0) is 41.5 Å². The Bertz CT molecular complexity index is 777. The minimum atomic E-state index is -0.425. The molecule has 0 spiro atoms. The summed E-state index contributed by atoms with van der Waals surface area (Å²) < 4.78 is 10.6. The van der Waals surface area contributed by atoms with Gasteiger partial charge in [-0.1, -0.05) is 35.9 Å². The fourth-order valence-corrected chi connectivity index (χ4v) is 2.21. The first-order chi connectivity index (χ1) is 11.1. The molecule has 0 saturated heterocycles. The summed E-state index contributed by atoms with van der Waals surface area (Å²) in [6.45, 7) is 2.11. The molecule has 0 unspecified atom stereocenters. The van der Waals surface area contributed by atoms with E-state index in [0.717, 1.165) is 16.9 Å². The summed E-state index contributed by atoms with van der Waals surface area (Å²) in [5.74, 6) is 0.686. The van der Waals surface area contributed by atoms with Crippen LogP contribution in [0.2, 0.25) is 5.02 Å². The molecule has 1 aliphatic heterocycles. The first-order valence-electron chi connectivity index (χ1n) is 7.07. The minimum absolute atomic E-state index is 0.303. The zero-order valence-corrected chi connectivity index (χ0v) is 13.2. The van der Waals surface area contributed by atoms with E-state index < -0.39 is 5.97 Å². The van der Waals surface area contributed by atoms with Crippen LogP contribution in [0.25, 0.3) is 6.08 Å². The predicted molar refractivity (Wildman–Crippen MR) is 89.4 cm³/mol. The van der Waals surface area contributed by atoms with Gasteiger partial charge in [0.15, 0.2) is 11.6 Å². The van der Waals surface area contributed by atoms with Gasteiger partial charge in [0, 0.05) is 11.9 Å². The van der Waals surface area contributed by atoms with Crippen molar-refractivity contribution in [1.82, 2.24) is 0 Å². The summed E-state index contributed by atoms with van der Waals surface area (Å²) in [7, 11) is 0. The fraction of sp³-hybridized carbons (Fsp3) is 0.111. The van der Waals surface area contributed by atoms with E-state index in [9.17, 15) is 4.79 Å². The first kappa shape index (κ1) is 15.3. The third kappa shape index (κ3) is 3.99. The summed E-state index contributed by atoms with van der Waals surface area (Å²) in [6.07, 6.45) is 1.68. The molecule has 0 saturated carbocycles. The summed E-state index contributed by atoms with van der Waals surface area (Å²) in [6, 6.07) is 14.9. The van der Waals surface area contributed by atoms with Crippen LogP contribution in [0, 0.1) is 0 Å². The maximum Gasteiger partial charge on any atom is 0.363 e. The lowest BCUT2D eigenvalue weighted by Crippen LogP contribution is -1.99. The molecule has 0 radical (unpaired) electrons. The number of carbonyl (C=O) groups excluding carboxylic acids is 1. The molecule has 2 aromatic carbocycles. The maximum atomic E-state index is 11.5. The number of esters is 1. The van der Waals surface area contributed by atoms with Crippen LogP contribution in [0.1, 0.15) is 18.1 Å². The van der Waals surface area contributed by atoms with E-state index >= 15 is 0 Å². The Balaban J connectivity index is 1.64. The molecule has 5 heteroatoms. The summed E-state index contributed by atoms with van der Waals surface area (Å²) in [4.78, 5) is 15.5. The zero-order chi connectivity index (χ0) is 16.2. The topological polar surface area (TPSA) is 47.9 Å². The van der Waals surface area contributed by atoms with Gasteiger partial charge in [0.05, 0.1) is 0 Å².